The van der Waals surface area contributed by atoms with E-state index in [1.165, 1.54) is 4.68 Å². The number of benzene rings is 2. The molecule has 0 bridgehead atoms. The number of aryl methyl sites for hydroxylation is 1. The maximum atomic E-state index is 12.9. The van der Waals surface area contributed by atoms with Gasteiger partial charge in [0.2, 0.25) is 0 Å². The van der Waals surface area contributed by atoms with E-state index in [4.69, 9.17) is 6.42 Å². The van der Waals surface area contributed by atoms with Gasteiger partial charge in [-0.3, -0.25) is 10.2 Å². The molecule has 0 aliphatic carbocycles. The standard InChI is InChI=1S/C18H15N3O/c1-3-13-9-8-12-15-17(13)18(22)21(16(4-2)19-15)20-14-10-6-5-7-11-14/h1,5-12,20H,4H2,2H3. The van der Waals surface area contributed by atoms with Gasteiger partial charge in [0, 0.05) is 12.0 Å². The van der Waals surface area contributed by atoms with Gasteiger partial charge in [0.05, 0.1) is 16.6 Å². The van der Waals surface area contributed by atoms with Crippen LogP contribution in [0.4, 0.5) is 5.69 Å². The molecule has 0 saturated carbocycles. The Kier molecular flexibility index (Phi) is 3.63. The van der Waals surface area contributed by atoms with Gasteiger partial charge in [-0.15, -0.1) is 6.42 Å². The van der Waals surface area contributed by atoms with Crippen molar-refractivity contribution in [1.82, 2.24) is 9.66 Å². The van der Waals surface area contributed by atoms with E-state index in [1.807, 2.05) is 49.4 Å². The first-order valence-electron chi connectivity index (χ1n) is 7.08. The van der Waals surface area contributed by atoms with Gasteiger partial charge in [-0.2, -0.15) is 0 Å². The summed E-state index contributed by atoms with van der Waals surface area (Å²) in [6, 6.07) is 14.9. The van der Waals surface area contributed by atoms with Crippen LogP contribution in [0.5, 0.6) is 0 Å². The maximum Gasteiger partial charge on any atom is 0.281 e. The molecule has 0 saturated heterocycles. The van der Waals surface area contributed by atoms with E-state index in [1.54, 1.807) is 6.07 Å². The lowest BCUT2D eigenvalue weighted by Gasteiger charge is -2.15. The summed E-state index contributed by atoms with van der Waals surface area (Å²) in [7, 11) is 0. The lowest BCUT2D eigenvalue weighted by Crippen LogP contribution is -2.31. The normalized spacial score (nSPS) is 10.4. The molecule has 4 nitrogen and oxygen atoms in total. The summed E-state index contributed by atoms with van der Waals surface area (Å²) in [4.78, 5) is 17.4. The van der Waals surface area contributed by atoms with E-state index in [2.05, 4.69) is 16.3 Å². The Hall–Kier alpha value is -3.06. The lowest BCUT2D eigenvalue weighted by molar-refractivity contribution is 0.780. The average molecular weight is 289 g/mol. The first-order chi connectivity index (χ1) is 10.7. The molecule has 1 N–H and O–H groups in total. The molecule has 0 spiro atoms. The van der Waals surface area contributed by atoms with E-state index in [0.717, 1.165) is 5.69 Å². The highest BCUT2D eigenvalue weighted by atomic mass is 16.1. The van der Waals surface area contributed by atoms with E-state index in [9.17, 15) is 4.79 Å². The summed E-state index contributed by atoms with van der Waals surface area (Å²) in [5.74, 6) is 3.22. The van der Waals surface area contributed by atoms with E-state index >= 15 is 0 Å². The zero-order valence-electron chi connectivity index (χ0n) is 12.2. The van der Waals surface area contributed by atoms with Crippen LogP contribution >= 0.6 is 0 Å². The quantitative estimate of drug-likeness (QED) is 0.754. The molecule has 0 aliphatic heterocycles. The fraction of sp³-hybridized carbons (Fsp3) is 0.111. The van der Waals surface area contributed by atoms with Crippen LogP contribution in [0.1, 0.15) is 18.3 Å². The summed E-state index contributed by atoms with van der Waals surface area (Å²) in [5.41, 5.74) is 4.93. The first kappa shape index (κ1) is 13.9. The van der Waals surface area contributed by atoms with Crippen molar-refractivity contribution in [1.29, 1.82) is 0 Å². The van der Waals surface area contributed by atoms with Crippen LogP contribution < -0.4 is 11.0 Å². The van der Waals surface area contributed by atoms with Crippen molar-refractivity contribution in [3.63, 3.8) is 0 Å². The Labute approximate surface area is 128 Å². The van der Waals surface area contributed by atoms with Crippen molar-refractivity contribution in [2.45, 2.75) is 13.3 Å². The van der Waals surface area contributed by atoms with E-state index in [0.29, 0.717) is 28.7 Å². The second-order valence-electron chi connectivity index (χ2n) is 4.84. The second-order valence-corrected chi connectivity index (χ2v) is 4.84. The van der Waals surface area contributed by atoms with Crippen molar-refractivity contribution in [3.05, 3.63) is 70.3 Å². The summed E-state index contributed by atoms with van der Waals surface area (Å²) < 4.78 is 1.47. The fourth-order valence-electron chi connectivity index (χ4n) is 2.39. The van der Waals surface area contributed by atoms with Crippen LogP contribution in [0.15, 0.2) is 53.3 Å². The number of para-hydroxylation sites is 1. The number of anilines is 1. The summed E-state index contributed by atoms with van der Waals surface area (Å²) in [6.45, 7) is 1.96. The zero-order chi connectivity index (χ0) is 15.5. The number of nitrogens with one attached hydrogen (secondary N) is 1. The monoisotopic (exact) mass is 289 g/mol. The van der Waals surface area contributed by atoms with Crippen molar-refractivity contribution < 1.29 is 0 Å². The van der Waals surface area contributed by atoms with Crippen molar-refractivity contribution in [3.8, 4) is 12.3 Å². The number of fused-ring (bicyclic) bond motifs is 1. The zero-order valence-corrected chi connectivity index (χ0v) is 12.2. The predicted molar refractivity (Wildman–Crippen MR) is 88.8 cm³/mol. The molecular weight excluding hydrogens is 274 g/mol. The molecule has 108 valence electrons. The van der Waals surface area contributed by atoms with Gasteiger partial charge in [-0.05, 0) is 24.3 Å². The van der Waals surface area contributed by atoms with Gasteiger partial charge in [0.25, 0.3) is 5.56 Å². The molecule has 22 heavy (non-hydrogen) atoms. The highest BCUT2D eigenvalue weighted by molar-refractivity contribution is 5.84. The van der Waals surface area contributed by atoms with Gasteiger partial charge < -0.3 is 0 Å². The second kappa shape index (κ2) is 5.74. The number of terminal acetylenes is 1. The van der Waals surface area contributed by atoms with Crippen LogP contribution in [-0.4, -0.2) is 9.66 Å². The van der Waals surface area contributed by atoms with E-state index < -0.39 is 0 Å². The molecule has 3 aromatic rings. The minimum Gasteiger partial charge on any atom is -0.290 e. The summed E-state index contributed by atoms with van der Waals surface area (Å²) in [6.07, 6.45) is 6.14. The Morgan fingerprint density at radius 2 is 1.95 bits per heavy atom. The van der Waals surface area contributed by atoms with Gasteiger partial charge in [0.15, 0.2) is 0 Å². The third-order valence-corrected chi connectivity index (χ3v) is 3.45. The highest BCUT2D eigenvalue weighted by Gasteiger charge is 2.12. The number of rotatable bonds is 3. The topological polar surface area (TPSA) is 46.9 Å². The van der Waals surface area contributed by atoms with Gasteiger partial charge in [0.1, 0.15) is 5.82 Å². The number of hydrogen-bond donors (Lipinski definition) is 1. The molecule has 0 unspecified atom stereocenters. The van der Waals surface area contributed by atoms with Crippen LogP contribution in [0, 0.1) is 12.3 Å². The van der Waals surface area contributed by atoms with Gasteiger partial charge in [-0.25, -0.2) is 9.66 Å². The minimum atomic E-state index is -0.181. The molecule has 0 fully saturated rings. The Morgan fingerprint density at radius 1 is 1.18 bits per heavy atom. The molecule has 0 amide bonds. The van der Waals surface area contributed by atoms with Crippen LogP contribution in [0.25, 0.3) is 10.9 Å². The molecule has 1 heterocycles. The minimum absolute atomic E-state index is 0.181. The highest BCUT2D eigenvalue weighted by Crippen LogP contribution is 2.14. The molecular formula is C18H15N3O. The summed E-state index contributed by atoms with van der Waals surface area (Å²) >= 11 is 0. The molecule has 0 atom stereocenters. The molecule has 1 aromatic heterocycles. The molecule has 0 radical (unpaired) electrons. The van der Waals surface area contributed by atoms with Gasteiger partial charge >= 0.3 is 0 Å². The Bertz CT molecular complexity index is 921. The SMILES string of the molecule is C#Cc1cccc2nc(CC)n(Nc3ccccc3)c(=O)c12. The maximum absolute atomic E-state index is 12.9. The third kappa shape index (κ3) is 2.33. The first-order valence-corrected chi connectivity index (χ1v) is 7.08. The van der Waals surface area contributed by atoms with Crippen molar-refractivity contribution >= 4 is 16.6 Å². The summed E-state index contributed by atoms with van der Waals surface area (Å²) in [5, 5.41) is 0.464. The molecule has 2 aromatic carbocycles. The number of nitrogens with zero attached hydrogens (tertiary/aromatic N) is 2. The number of hydrogen-bond acceptors (Lipinski definition) is 3. The van der Waals surface area contributed by atoms with Crippen LogP contribution in [0.2, 0.25) is 0 Å². The fourth-order valence-corrected chi connectivity index (χ4v) is 2.39. The third-order valence-electron chi connectivity index (χ3n) is 3.45. The largest absolute Gasteiger partial charge is 0.290 e. The Balaban J connectivity index is 2.27. The smallest absolute Gasteiger partial charge is 0.281 e. The van der Waals surface area contributed by atoms with Crippen molar-refractivity contribution in [2.24, 2.45) is 0 Å². The Morgan fingerprint density at radius 3 is 2.64 bits per heavy atom. The van der Waals surface area contributed by atoms with Crippen LogP contribution in [0.3, 0.4) is 0 Å². The molecule has 3 rings (SSSR count). The van der Waals surface area contributed by atoms with E-state index in [-0.39, 0.29) is 5.56 Å². The number of aromatic nitrogens is 2. The van der Waals surface area contributed by atoms with Crippen LogP contribution in [-0.2, 0) is 6.42 Å². The predicted octanol–water partition coefficient (Wildman–Crippen LogP) is 2.82. The average Bonchev–Trinajstić information content (AvgIpc) is 2.57. The molecule has 0 aliphatic rings. The lowest BCUT2D eigenvalue weighted by atomic mass is 10.1. The van der Waals surface area contributed by atoms with Crippen molar-refractivity contribution in [2.75, 3.05) is 5.43 Å². The molecule has 4 heteroatoms. The van der Waals surface area contributed by atoms with Gasteiger partial charge in [-0.1, -0.05) is 37.1 Å².